The summed E-state index contributed by atoms with van der Waals surface area (Å²) in [4.78, 5) is 0. The standard InChI is InChI=1S/C14H12ClFOS/c15-13-7-3-1-5-11(13)9-18(17)10-12-6-2-4-8-14(12)16/h1-8H,9-10H2. The van der Waals surface area contributed by atoms with Crippen LogP contribution in [0.2, 0.25) is 5.02 Å². The van der Waals surface area contributed by atoms with E-state index in [1.807, 2.05) is 18.2 Å². The maximum atomic E-state index is 13.4. The Morgan fingerprint density at radius 2 is 1.50 bits per heavy atom. The van der Waals surface area contributed by atoms with E-state index in [2.05, 4.69) is 0 Å². The van der Waals surface area contributed by atoms with Crippen LogP contribution >= 0.6 is 11.6 Å². The van der Waals surface area contributed by atoms with Crippen molar-refractivity contribution in [1.82, 2.24) is 0 Å². The summed E-state index contributed by atoms with van der Waals surface area (Å²) >= 11 is 5.99. The fraction of sp³-hybridized carbons (Fsp3) is 0.143. The van der Waals surface area contributed by atoms with Gasteiger partial charge in [0.25, 0.3) is 0 Å². The van der Waals surface area contributed by atoms with Gasteiger partial charge < -0.3 is 0 Å². The number of hydrogen-bond acceptors (Lipinski definition) is 1. The molecule has 0 radical (unpaired) electrons. The predicted molar refractivity (Wildman–Crippen MR) is 73.4 cm³/mol. The molecule has 0 fully saturated rings. The zero-order chi connectivity index (χ0) is 13.0. The lowest BCUT2D eigenvalue weighted by molar-refractivity contribution is 0.615. The van der Waals surface area contributed by atoms with Crippen LogP contribution in [0.3, 0.4) is 0 Å². The largest absolute Gasteiger partial charge is 0.259 e. The van der Waals surface area contributed by atoms with Gasteiger partial charge in [0, 0.05) is 21.4 Å². The Labute approximate surface area is 113 Å². The molecule has 2 rings (SSSR count). The molecule has 0 N–H and O–H groups in total. The lowest BCUT2D eigenvalue weighted by Gasteiger charge is -2.05. The highest BCUT2D eigenvalue weighted by molar-refractivity contribution is 7.83. The summed E-state index contributed by atoms with van der Waals surface area (Å²) in [7, 11) is -1.17. The lowest BCUT2D eigenvalue weighted by Crippen LogP contribution is -2.01. The van der Waals surface area contributed by atoms with Gasteiger partial charge in [0.05, 0.1) is 11.5 Å². The molecule has 18 heavy (non-hydrogen) atoms. The minimum Gasteiger partial charge on any atom is -0.259 e. The van der Waals surface area contributed by atoms with Gasteiger partial charge in [-0.2, -0.15) is 0 Å². The Bertz CT molecular complexity index is 522. The first-order valence-electron chi connectivity index (χ1n) is 5.48. The van der Waals surface area contributed by atoms with E-state index in [-0.39, 0.29) is 11.6 Å². The molecule has 0 bridgehead atoms. The Hall–Kier alpha value is -1.19. The maximum absolute atomic E-state index is 13.4. The van der Waals surface area contributed by atoms with Crippen molar-refractivity contribution in [2.45, 2.75) is 11.5 Å². The van der Waals surface area contributed by atoms with E-state index in [9.17, 15) is 8.60 Å². The van der Waals surface area contributed by atoms with E-state index in [0.717, 1.165) is 5.56 Å². The van der Waals surface area contributed by atoms with Crippen molar-refractivity contribution in [3.63, 3.8) is 0 Å². The van der Waals surface area contributed by atoms with Crippen molar-refractivity contribution in [3.8, 4) is 0 Å². The van der Waals surface area contributed by atoms with Crippen LogP contribution in [0.15, 0.2) is 48.5 Å². The van der Waals surface area contributed by atoms with Crippen LogP contribution < -0.4 is 0 Å². The summed E-state index contributed by atoms with van der Waals surface area (Å²) in [5.41, 5.74) is 1.30. The van der Waals surface area contributed by atoms with Crippen LogP contribution in [0, 0.1) is 5.82 Å². The van der Waals surface area contributed by atoms with Gasteiger partial charge in [-0.05, 0) is 17.7 Å². The smallest absolute Gasteiger partial charge is 0.127 e. The number of hydrogen-bond donors (Lipinski definition) is 0. The molecule has 0 heterocycles. The molecule has 1 unspecified atom stereocenters. The molecule has 1 atom stereocenters. The summed E-state index contributed by atoms with van der Waals surface area (Å²) < 4.78 is 25.4. The van der Waals surface area contributed by atoms with E-state index in [1.165, 1.54) is 6.07 Å². The molecule has 0 saturated carbocycles. The second-order valence-corrected chi connectivity index (χ2v) is 5.78. The molecule has 2 aromatic rings. The molecular formula is C14H12ClFOS. The van der Waals surface area contributed by atoms with Gasteiger partial charge in [0.15, 0.2) is 0 Å². The van der Waals surface area contributed by atoms with Crippen LogP contribution in [-0.4, -0.2) is 4.21 Å². The van der Waals surface area contributed by atoms with Crippen molar-refractivity contribution < 1.29 is 8.60 Å². The second kappa shape index (κ2) is 6.12. The Balaban J connectivity index is 2.06. The first-order chi connectivity index (χ1) is 8.66. The van der Waals surface area contributed by atoms with E-state index < -0.39 is 10.8 Å². The van der Waals surface area contributed by atoms with Crippen LogP contribution in [0.25, 0.3) is 0 Å². The number of rotatable bonds is 4. The quantitative estimate of drug-likeness (QED) is 0.830. The molecule has 0 saturated heterocycles. The average molecular weight is 283 g/mol. The highest BCUT2D eigenvalue weighted by atomic mass is 35.5. The second-order valence-electron chi connectivity index (χ2n) is 3.91. The van der Waals surface area contributed by atoms with Crippen LogP contribution in [0.4, 0.5) is 4.39 Å². The fourth-order valence-corrected chi connectivity index (χ4v) is 3.19. The average Bonchev–Trinajstić information content (AvgIpc) is 2.35. The van der Waals surface area contributed by atoms with E-state index in [4.69, 9.17) is 11.6 Å². The summed E-state index contributed by atoms with van der Waals surface area (Å²) in [5.74, 6) is 0.233. The van der Waals surface area contributed by atoms with Gasteiger partial charge in [0.2, 0.25) is 0 Å². The first-order valence-corrected chi connectivity index (χ1v) is 7.35. The molecule has 0 aliphatic heterocycles. The van der Waals surface area contributed by atoms with Gasteiger partial charge in [-0.15, -0.1) is 0 Å². The van der Waals surface area contributed by atoms with Crippen molar-refractivity contribution in [1.29, 1.82) is 0 Å². The summed E-state index contributed by atoms with van der Waals surface area (Å²) in [6, 6.07) is 13.7. The highest BCUT2D eigenvalue weighted by Crippen LogP contribution is 2.18. The zero-order valence-electron chi connectivity index (χ0n) is 9.61. The van der Waals surface area contributed by atoms with Crippen LogP contribution in [0.1, 0.15) is 11.1 Å². The van der Waals surface area contributed by atoms with Crippen LogP contribution in [-0.2, 0) is 22.3 Å². The maximum Gasteiger partial charge on any atom is 0.127 e. The molecule has 0 aliphatic carbocycles. The molecule has 4 heteroatoms. The SMILES string of the molecule is O=S(Cc1ccccc1F)Cc1ccccc1Cl. The summed E-state index contributed by atoms with van der Waals surface area (Å²) in [6.07, 6.45) is 0. The topological polar surface area (TPSA) is 17.1 Å². The Morgan fingerprint density at radius 1 is 0.944 bits per heavy atom. The van der Waals surface area contributed by atoms with Crippen molar-refractivity contribution in [2.75, 3.05) is 0 Å². The molecule has 2 aromatic carbocycles. The van der Waals surface area contributed by atoms with Crippen molar-refractivity contribution in [2.24, 2.45) is 0 Å². The van der Waals surface area contributed by atoms with Gasteiger partial charge in [0.1, 0.15) is 5.82 Å². The first kappa shape index (κ1) is 13.2. The highest BCUT2D eigenvalue weighted by Gasteiger charge is 2.08. The predicted octanol–water partition coefficient (Wildman–Crippen LogP) is 3.93. The molecule has 0 aromatic heterocycles. The van der Waals surface area contributed by atoms with Gasteiger partial charge >= 0.3 is 0 Å². The lowest BCUT2D eigenvalue weighted by atomic mass is 10.2. The summed E-state index contributed by atoms with van der Waals surface area (Å²) in [5, 5.41) is 0.597. The minimum atomic E-state index is -1.17. The summed E-state index contributed by atoms with van der Waals surface area (Å²) in [6.45, 7) is 0. The van der Waals surface area contributed by atoms with Crippen molar-refractivity contribution in [3.05, 3.63) is 70.5 Å². The normalized spacial score (nSPS) is 12.3. The third-order valence-electron chi connectivity index (χ3n) is 2.55. The minimum absolute atomic E-state index is 0.206. The number of halogens is 2. The van der Waals surface area contributed by atoms with Crippen molar-refractivity contribution >= 4 is 22.4 Å². The van der Waals surface area contributed by atoms with E-state index in [1.54, 1.807) is 24.3 Å². The fourth-order valence-electron chi connectivity index (χ4n) is 1.63. The Morgan fingerprint density at radius 3 is 2.17 bits per heavy atom. The van der Waals surface area contributed by atoms with E-state index in [0.29, 0.717) is 16.3 Å². The van der Waals surface area contributed by atoms with Gasteiger partial charge in [-0.3, -0.25) is 4.21 Å². The zero-order valence-corrected chi connectivity index (χ0v) is 11.2. The molecule has 94 valence electrons. The molecular weight excluding hydrogens is 271 g/mol. The molecule has 1 nitrogen and oxygen atoms in total. The van der Waals surface area contributed by atoms with Gasteiger partial charge in [-0.25, -0.2) is 4.39 Å². The Kier molecular flexibility index (Phi) is 4.50. The third kappa shape index (κ3) is 3.40. The van der Waals surface area contributed by atoms with Crippen LogP contribution in [0.5, 0.6) is 0 Å². The molecule has 0 spiro atoms. The third-order valence-corrected chi connectivity index (χ3v) is 4.18. The number of benzene rings is 2. The molecule has 0 aliphatic rings. The van der Waals surface area contributed by atoms with E-state index >= 15 is 0 Å². The molecule has 0 amide bonds. The monoisotopic (exact) mass is 282 g/mol. The van der Waals surface area contributed by atoms with Gasteiger partial charge in [-0.1, -0.05) is 48.0 Å².